The molecule has 5 nitrogen and oxygen atoms in total. The van der Waals surface area contributed by atoms with Crippen LogP contribution in [0.2, 0.25) is 0 Å². The standard InChI is InChI=1S/C14H21N3O2/c1-10(15-2)14(19)17(4)9-11-5-7-12(8-6-11)13(18)16-3/h5-8,10,15H,9H2,1-4H3,(H,16,18). The molecule has 0 fully saturated rings. The number of amides is 2. The first-order chi connectivity index (χ1) is 8.99. The van der Waals surface area contributed by atoms with Crippen molar-refractivity contribution in [2.45, 2.75) is 19.5 Å². The second kappa shape index (κ2) is 6.89. The number of likely N-dealkylation sites (N-methyl/N-ethyl adjacent to an activating group) is 2. The summed E-state index contributed by atoms with van der Waals surface area (Å²) in [5.41, 5.74) is 1.61. The van der Waals surface area contributed by atoms with Gasteiger partial charge in [0.05, 0.1) is 6.04 Å². The molecule has 0 aliphatic rings. The number of hydrogen-bond donors (Lipinski definition) is 2. The minimum atomic E-state index is -0.199. The predicted octanol–water partition coefficient (Wildman–Crippen LogP) is 0.613. The van der Waals surface area contributed by atoms with Crippen LogP contribution in [-0.4, -0.2) is 43.9 Å². The zero-order valence-corrected chi connectivity index (χ0v) is 11.9. The molecular formula is C14H21N3O2. The van der Waals surface area contributed by atoms with E-state index in [4.69, 9.17) is 0 Å². The molecular weight excluding hydrogens is 242 g/mol. The molecule has 2 N–H and O–H groups in total. The minimum Gasteiger partial charge on any atom is -0.355 e. The van der Waals surface area contributed by atoms with Crippen molar-refractivity contribution < 1.29 is 9.59 Å². The van der Waals surface area contributed by atoms with Crippen LogP contribution in [0, 0.1) is 0 Å². The quantitative estimate of drug-likeness (QED) is 0.818. The van der Waals surface area contributed by atoms with Gasteiger partial charge < -0.3 is 15.5 Å². The highest BCUT2D eigenvalue weighted by atomic mass is 16.2. The minimum absolute atomic E-state index is 0.0397. The number of carbonyl (C=O) groups is 2. The van der Waals surface area contributed by atoms with E-state index in [2.05, 4.69) is 10.6 Å². The fourth-order valence-electron chi connectivity index (χ4n) is 1.71. The molecule has 0 aromatic heterocycles. The molecule has 0 aliphatic carbocycles. The molecule has 0 radical (unpaired) electrons. The van der Waals surface area contributed by atoms with Gasteiger partial charge in [-0.1, -0.05) is 12.1 Å². The third-order valence-corrected chi connectivity index (χ3v) is 3.04. The Morgan fingerprint density at radius 2 is 1.79 bits per heavy atom. The van der Waals surface area contributed by atoms with E-state index in [1.165, 1.54) is 0 Å². The summed E-state index contributed by atoms with van der Waals surface area (Å²) in [7, 11) is 5.12. The number of carbonyl (C=O) groups excluding carboxylic acids is 2. The maximum Gasteiger partial charge on any atom is 0.251 e. The van der Waals surface area contributed by atoms with Gasteiger partial charge in [0, 0.05) is 26.2 Å². The van der Waals surface area contributed by atoms with E-state index in [0.29, 0.717) is 12.1 Å². The molecule has 0 spiro atoms. The SMILES string of the molecule is CNC(=O)c1ccc(CN(C)C(=O)C(C)NC)cc1. The van der Waals surface area contributed by atoms with Gasteiger partial charge in [0.15, 0.2) is 0 Å². The highest BCUT2D eigenvalue weighted by molar-refractivity contribution is 5.93. The van der Waals surface area contributed by atoms with Gasteiger partial charge in [0.2, 0.25) is 5.91 Å². The molecule has 1 aromatic rings. The fraction of sp³-hybridized carbons (Fsp3) is 0.429. The number of benzene rings is 1. The summed E-state index contributed by atoms with van der Waals surface area (Å²) in [6, 6.07) is 7.04. The molecule has 0 aliphatic heterocycles. The van der Waals surface area contributed by atoms with Crippen LogP contribution in [0.1, 0.15) is 22.8 Å². The lowest BCUT2D eigenvalue weighted by atomic mass is 10.1. The van der Waals surface area contributed by atoms with E-state index in [9.17, 15) is 9.59 Å². The van der Waals surface area contributed by atoms with Gasteiger partial charge in [-0.05, 0) is 31.7 Å². The van der Waals surface area contributed by atoms with Gasteiger partial charge >= 0.3 is 0 Å². The van der Waals surface area contributed by atoms with Crippen molar-refractivity contribution in [2.75, 3.05) is 21.1 Å². The molecule has 1 unspecified atom stereocenters. The van der Waals surface area contributed by atoms with E-state index in [1.54, 1.807) is 38.2 Å². The van der Waals surface area contributed by atoms with Crippen molar-refractivity contribution in [2.24, 2.45) is 0 Å². The first-order valence-electron chi connectivity index (χ1n) is 6.22. The van der Waals surface area contributed by atoms with Crippen LogP contribution in [0.15, 0.2) is 24.3 Å². The molecule has 0 saturated carbocycles. The maximum atomic E-state index is 11.9. The van der Waals surface area contributed by atoms with Crippen molar-refractivity contribution in [3.63, 3.8) is 0 Å². The molecule has 104 valence electrons. The topological polar surface area (TPSA) is 61.4 Å². The predicted molar refractivity (Wildman–Crippen MR) is 74.8 cm³/mol. The fourth-order valence-corrected chi connectivity index (χ4v) is 1.71. The lowest BCUT2D eigenvalue weighted by Crippen LogP contribution is -2.41. The largest absolute Gasteiger partial charge is 0.355 e. The van der Waals surface area contributed by atoms with Crippen molar-refractivity contribution in [3.8, 4) is 0 Å². The summed E-state index contributed by atoms with van der Waals surface area (Å²) in [6.45, 7) is 2.35. The van der Waals surface area contributed by atoms with Gasteiger partial charge in [0.1, 0.15) is 0 Å². The van der Waals surface area contributed by atoms with Crippen molar-refractivity contribution in [1.82, 2.24) is 15.5 Å². The Kier molecular flexibility index (Phi) is 5.51. The normalized spacial score (nSPS) is 11.8. The Labute approximate surface area is 114 Å². The summed E-state index contributed by atoms with van der Waals surface area (Å²) in [4.78, 5) is 25.0. The van der Waals surface area contributed by atoms with E-state index < -0.39 is 0 Å². The number of nitrogens with one attached hydrogen (secondary N) is 2. The third-order valence-electron chi connectivity index (χ3n) is 3.04. The molecule has 2 amide bonds. The molecule has 0 bridgehead atoms. The van der Waals surface area contributed by atoms with Gasteiger partial charge in [-0.15, -0.1) is 0 Å². The highest BCUT2D eigenvalue weighted by Crippen LogP contribution is 2.07. The summed E-state index contributed by atoms with van der Waals surface area (Å²) in [5, 5.41) is 5.49. The molecule has 5 heteroatoms. The lowest BCUT2D eigenvalue weighted by molar-refractivity contribution is -0.132. The summed E-state index contributed by atoms with van der Waals surface area (Å²) >= 11 is 0. The van der Waals surface area contributed by atoms with Crippen molar-refractivity contribution >= 4 is 11.8 Å². The second-order valence-electron chi connectivity index (χ2n) is 4.48. The molecule has 1 rings (SSSR count). The van der Waals surface area contributed by atoms with Crippen LogP contribution in [0.25, 0.3) is 0 Å². The van der Waals surface area contributed by atoms with Gasteiger partial charge in [0.25, 0.3) is 5.91 Å². The Morgan fingerprint density at radius 1 is 1.21 bits per heavy atom. The number of hydrogen-bond acceptors (Lipinski definition) is 3. The van der Waals surface area contributed by atoms with Crippen LogP contribution < -0.4 is 10.6 Å². The van der Waals surface area contributed by atoms with Crippen molar-refractivity contribution in [1.29, 1.82) is 0 Å². The second-order valence-corrected chi connectivity index (χ2v) is 4.48. The first kappa shape index (κ1) is 15.2. The monoisotopic (exact) mass is 263 g/mol. The average molecular weight is 263 g/mol. The van der Waals surface area contributed by atoms with E-state index >= 15 is 0 Å². The van der Waals surface area contributed by atoms with Crippen LogP contribution in [0.4, 0.5) is 0 Å². The van der Waals surface area contributed by atoms with E-state index in [-0.39, 0.29) is 17.9 Å². The van der Waals surface area contributed by atoms with Gasteiger partial charge in [-0.2, -0.15) is 0 Å². The molecule has 19 heavy (non-hydrogen) atoms. The van der Waals surface area contributed by atoms with Crippen LogP contribution in [0.3, 0.4) is 0 Å². The van der Waals surface area contributed by atoms with Crippen LogP contribution in [-0.2, 0) is 11.3 Å². The van der Waals surface area contributed by atoms with E-state index in [1.807, 2.05) is 19.1 Å². The summed E-state index contributed by atoms with van der Waals surface area (Å²) in [5.74, 6) is -0.0716. The Bertz CT molecular complexity index is 443. The Morgan fingerprint density at radius 3 is 2.26 bits per heavy atom. The molecule has 0 saturated heterocycles. The summed E-state index contributed by atoms with van der Waals surface area (Å²) in [6.07, 6.45) is 0. The van der Waals surface area contributed by atoms with Crippen LogP contribution in [0.5, 0.6) is 0 Å². The third kappa shape index (κ3) is 4.06. The smallest absolute Gasteiger partial charge is 0.251 e. The lowest BCUT2D eigenvalue weighted by Gasteiger charge is -2.21. The Hall–Kier alpha value is -1.88. The molecule has 1 aromatic carbocycles. The first-order valence-corrected chi connectivity index (χ1v) is 6.22. The highest BCUT2D eigenvalue weighted by Gasteiger charge is 2.15. The van der Waals surface area contributed by atoms with E-state index in [0.717, 1.165) is 5.56 Å². The summed E-state index contributed by atoms with van der Waals surface area (Å²) < 4.78 is 0. The number of rotatable bonds is 5. The average Bonchev–Trinajstić information content (AvgIpc) is 2.45. The zero-order valence-electron chi connectivity index (χ0n) is 11.9. The molecule has 0 heterocycles. The maximum absolute atomic E-state index is 11.9. The Balaban J connectivity index is 2.68. The van der Waals surface area contributed by atoms with Gasteiger partial charge in [-0.25, -0.2) is 0 Å². The zero-order chi connectivity index (χ0) is 14.4. The number of nitrogens with zero attached hydrogens (tertiary/aromatic N) is 1. The van der Waals surface area contributed by atoms with Crippen molar-refractivity contribution in [3.05, 3.63) is 35.4 Å². The van der Waals surface area contributed by atoms with Gasteiger partial charge in [-0.3, -0.25) is 9.59 Å². The molecule has 1 atom stereocenters. The van der Waals surface area contributed by atoms with Crippen LogP contribution >= 0.6 is 0 Å².